The minimum absolute atomic E-state index is 1.14. The molecule has 0 spiro atoms. The summed E-state index contributed by atoms with van der Waals surface area (Å²) in [5.74, 6) is 0. The van der Waals surface area contributed by atoms with Gasteiger partial charge in [-0.15, -0.1) is 0 Å². The van der Waals surface area contributed by atoms with Crippen LogP contribution in [0, 0.1) is 0 Å². The molecule has 0 amide bonds. The van der Waals surface area contributed by atoms with E-state index in [1.54, 1.807) is 0 Å². The number of hydrogen-bond donors (Lipinski definition) is 1. The van der Waals surface area contributed by atoms with E-state index >= 15 is 0 Å². The van der Waals surface area contributed by atoms with Gasteiger partial charge in [0.1, 0.15) is 0 Å². The second-order valence-electron chi connectivity index (χ2n) is 7.63. The lowest BCUT2D eigenvalue weighted by Gasteiger charge is -2.03. The van der Waals surface area contributed by atoms with Crippen LogP contribution in [-0.4, -0.2) is 4.98 Å². The Morgan fingerprint density at radius 2 is 1.38 bits per heavy atom. The fraction of sp³-hybridized carbons (Fsp3) is 0.500. The summed E-state index contributed by atoms with van der Waals surface area (Å²) in [6.45, 7) is 2.29. The molecule has 1 aromatic heterocycles. The van der Waals surface area contributed by atoms with Crippen molar-refractivity contribution < 1.29 is 0 Å². The van der Waals surface area contributed by atoms with Crippen molar-refractivity contribution in [2.45, 2.75) is 77.6 Å². The number of nitrogens with one attached hydrogen (secondary N) is 1. The lowest BCUT2D eigenvalue weighted by atomic mass is 10.0. The topological polar surface area (TPSA) is 15.8 Å². The first-order valence-corrected chi connectivity index (χ1v) is 11.3. The van der Waals surface area contributed by atoms with Gasteiger partial charge in [-0.3, -0.25) is 0 Å². The lowest BCUT2D eigenvalue weighted by molar-refractivity contribution is 0.556. The van der Waals surface area contributed by atoms with Gasteiger partial charge in [0.25, 0.3) is 0 Å². The molecule has 140 valence electrons. The third-order valence-electron chi connectivity index (χ3n) is 5.44. The number of benzene rings is 2. The molecule has 0 aliphatic carbocycles. The van der Waals surface area contributed by atoms with Gasteiger partial charge in [0, 0.05) is 26.3 Å². The largest absolute Gasteiger partial charge is 0.355 e. The highest BCUT2D eigenvalue weighted by Crippen LogP contribution is 2.29. The highest BCUT2D eigenvalue weighted by Gasteiger charge is 2.05. The molecule has 0 aliphatic heterocycles. The van der Waals surface area contributed by atoms with Crippen molar-refractivity contribution in [2.75, 3.05) is 0 Å². The van der Waals surface area contributed by atoms with Crippen LogP contribution < -0.4 is 0 Å². The predicted octanol–water partition coefficient (Wildman–Crippen LogP) is 8.55. The van der Waals surface area contributed by atoms with Crippen molar-refractivity contribution >= 4 is 37.7 Å². The average Bonchev–Trinajstić information content (AvgIpc) is 3.00. The summed E-state index contributed by atoms with van der Waals surface area (Å²) in [6, 6.07) is 13.4. The molecular formula is C24H32BrN. The Bertz CT molecular complexity index is 818. The molecule has 2 aromatic carbocycles. The maximum absolute atomic E-state index is 3.58. The fourth-order valence-corrected chi connectivity index (χ4v) is 4.26. The van der Waals surface area contributed by atoms with Gasteiger partial charge in [0.2, 0.25) is 0 Å². The standard InChI is InChI=1S/C24H32BrN/c1-2-3-4-5-6-7-8-9-10-11-12-19-13-15-21-22-18-20(25)14-16-23(22)26-24(21)17-19/h13-18,26H,2-12H2,1H3. The summed E-state index contributed by atoms with van der Waals surface area (Å²) in [6.07, 6.45) is 15.2. The Labute approximate surface area is 166 Å². The predicted molar refractivity (Wildman–Crippen MR) is 119 cm³/mol. The molecule has 3 aromatic rings. The molecule has 0 saturated carbocycles. The Morgan fingerprint density at radius 1 is 0.692 bits per heavy atom. The molecular weight excluding hydrogens is 382 g/mol. The smallest absolute Gasteiger partial charge is 0.0467 e. The monoisotopic (exact) mass is 413 g/mol. The maximum Gasteiger partial charge on any atom is 0.0467 e. The third-order valence-corrected chi connectivity index (χ3v) is 5.94. The fourth-order valence-electron chi connectivity index (χ4n) is 3.90. The van der Waals surface area contributed by atoms with Crippen LogP contribution in [0.5, 0.6) is 0 Å². The molecule has 1 heterocycles. The number of halogens is 1. The van der Waals surface area contributed by atoms with Gasteiger partial charge in [0.15, 0.2) is 0 Å². The average molecular weight is 414 g/mol. The molecule has 0 saturated heterocycles. The van der Waals surface area contributed by atoms with E-state index in [0.29, 0.717) is 0 Å². The van der Waals surface area contributed by atoms with Crippen LogP contribution >= 0.6 is 15.9 Å². The first-order chi connectivity index (χ1) is 12.8. The Hall–Kier alpha value is -1.28. The van der Waals surface area contributed by atoms with E-state index in [-0.39, 0.29) is 0 Å². The van der Waals surface area contributed by atoms with E-state index in [1.807, 2.05) is 0 Å². The number of hydrogen-bond acceptors (Lipinski definition) is 0. The first-order valence-electron chi connectivity index (χ1n) is 10.5. The molecule has 0 atom stereocenters. The van der Waals surface area contributed by atoms with Crippen LogP contribution in [-0.2, 0) is 6.42 Å². The van der Waals surface area contributed by atoms with Crippen LogP contribution in [0.3, 0.4) is 0 Å². The van der Waals surface area contributed by atoms with Crippen molar-refractivity contribution in [3.05, 3.63) is 46.4 Å². The van der Waals surface area contributed by atoms with Crippen molar-refractivity contribution in [3.63, 3.8) is 0 Å². The van der Waals surface area contributed by atoms with Gasteiger partial charge in [-0.05, 0) is 42.7 Å². The van der Waals surface area contributed by atoms with Crippen LogP contribution in [0.25, 0.3) is 21.8 Å². The van der Waals surface area contributed by atoms with E-state index in [2.05, 4.69) is 64.2 Å². The number of H-pyrrole nitrogens is 1. The first kappa shape index (κ1) is 19.5. The normalized spacial score (nSPS) is 11.6. The molecule has 2 heteroatoms. The maximum atomic E-state index is 3.58. The number of aromatic amines is 1. The molecule has 0 radical (unpaired) electrons. The molecule has 26 heavy (non-hydrogen) atoms. The summed E-state index contributed by atoms with van der Waals surface area (Å²) in [5.41, 5.74) is 3.95. The van der Waals surface area contributed by atoms with Crippen molar-refractivity contribution in [1.82, 2.24) is 4.98 Å². The highest BCUT2D eigenvalue weighted by atomic mass is 79.9. The Morgan fingerprint density at radius 3 is 2.12 bits per heavy atom. The highest BCUT2D eigenvalue weighted by molar-refractivity contribution is 9.10. The summed E-state index contributed by atoms with van der Waals surface area (Å²) in [4.78, 5) is 3.56. The second kappa shape index (κ2) is 10.2. The van der Waals surface area contributed by atoms with Gasteiger partial charge in [-0.25, -0.2) is 0 Å². The summed E-state index contributed by atoms with van der Waals surface area (Å²) >= 11 is 3.58. The number of fused-ring (bicyclic) bond motifs is 3. The zero-order chi connectivity index (χ0) is 18.2. The minimum Gasteiger partial charge on any atom is -0.355 e. The number of unbranched alkanes of at least 4 members (excludes halogenated alkanes) is 9. The number of rotatable bonds is 11. The summed E-state index contributed by atoms with van der Waals surface area (Å²) in [7, 11) is 0. The van der Waals surface area contributed by atoms with E-state index < -0.39 is 0 Å². The molecule has 0 unspecified atom stereocenters. The third kappa shape index (κ3) is 5.36. The van der Waals surface area contributed by atoms with E-state index in [1.165, 1.54) is 98.0 Å². The van der Waals surface area contributed by atoms with E-state index in [4.69, 9.17) is 0 Å². The second-order valence-corrected chi connectivity index (χ2v) is 8.54. The van der Waals surface area contributed by atoms with Gasteiger partial charge in [-0.1, -0.05) is 92.8 Å². The number of aromatic nitrogens is 1. The SMILES string of the molecule is CCCCCCCCCCCCc1ccc2c(c1)[nH]c1ccc(Br)cc12. The molecule has 1 N–H and O–H groups in total. The molecule has 0 fully saturated rings. The van der Waals surface area contributed by atoms with Crippen molar-refractivity contribution in [3.8, 4) is 0 Å². The Balaban J connectivity index is 1.41. The molecule has 0 aliphatic rings. The zero-order valence-electron chi connectivity index (χ0n) is 16.1. The zero-order valence-corrected chi connectivity index (χ0v) is 17.7. The number of aryl methyl sites for hydroxylation is 1. The van der Waals surface area contributed by atoms with Gasteiger partial charge in [0.05, 0.1) is 0 Å². The van der Waals surface area contributed by atoms with Gasteiger partial charge < -0.3 is 4.98 Å². The quantitative estimate of drug-likeness (QED) is 0.303. The molecule has 0 bridgehead atoms. The summed E-state index contributed by atoms with van der Waals surface area (Å²) in [5, 5.41) is 2.63. The molecule has 1 nitrogen and oxygen atoms in total. The van der Waals surface area contributed by atoms with Crippen LogP contribution in [0.15, 0.2) is 40.9 Å². The summed E-state index contributed by atoms with van der Waals surface area (Å²) < 4.78 is 1.14. The minimum atomic E-state index is 1.14. The van der Waals surface area contributed by atoms with Crippen molar-refractivity contribution in [2.24, 2.45) is 0 Å². The van der Waals surface area contributed by atoms with Gasteiger partial charge in [-0.2, -0.15) is 0 Å². The van der Waals surface area contributed by atoms with Crippen LogP contribution in [0.2, 0.25) is 0 Å². The van der Waals surface area contributed by atoms with Crippen LogP contribution in [0.4, 0.5) is 0 Å². The van der Waals surface area contributed by atoms with E-state index in [0.717, 1.165) is 4.47 Å². The van der Waals surface area contributed by atoms with Crippen LogP contribution in [0.1, 0.15) is 76.7 Å². The Kier molecular flexibility index (Phi) is 7.61. The van der Waals surface area contributed by atoms with E-state index in [9.17, 15) is 0 Å². The lowest BCUT2D eigenvalue weighted by Crippen LogP contribution is -1.87. The van der Waals surface area contributed by atoms with Gasteiger partial charge >= 0.3 is 0 Å². The molecule has 3 rings (SSSR count). The van der Waals surface area contributed by atoms with Crippen molar-refractivity contribution in [1.29, 1.82) is 0 Å².